The van der Waals surface area contributed by atoms with Gasteiger partial charge in [0, 0.05) is 36.5 Å². The zero-order valence-corrected chi connectivity index (χ0v) is 36.4. The van der Waals surface area contributed by atoms with Crippen LogP contribution in [0.25, 0.3) is 0 Å². The van der Waals surface area contributed by atoms with Crippen LogP contribution in [0.5, 0.6) is 46.0 Å². The molecule has 0 radical (unpaired) electrons. The van der Waals surface area contributed by atoms with Crippen LogP contribution in [-0.4, -0.2) is 88.5 Å². The van der Waals surface area contributed by atoms with E-state index in [1.165, 1.54) is 12.1 Å². The summed E-state index contributed by atoms with van der Waals surface area (Å²) in [5.74, 6) is -9.12. The molecule has 68 heavy (non-hydrogen) atoms. The van der Waals surface area contributed by atoms with Crippen molar-refractivity contribution >= 4 is 47.8 Å². The number of hydrogen-bond donors (Lipinski definition) is 0. The zero-order chi connectivity index (χ0) is 50.2. The SMILES string of the molecule is C=CC(=O)OCOc1cc(C(=O)Oc2ccc(OC(=O)c3cc(OCOC(=O)C=C)c(OCOC(=O)C=C)c(OCOC(=O)C=C)c3)c(C)c2C)cc(OCOC(=O)C=C)c1OCOC(=O)C=C. The van der Waals surface area contributed by atoms with Crippen LogP contribution in [0.2, 0.25) is 0 Å². The van der Waals surface area contributed by atoms with Crippen LogP contribution in [-0.2, 0) is 57.2 Å². The average Bonchev–Trinajstić information content (AvgIpc) is 3.33. The normalized spacial score (nSPS) is 9.91. The molecule has 0 aliphatic rings. The molecule has 22 nitrogen and oxygen atoms in total. The van der Waals surface area contributed by atoms with Gasteiger partial charge in [0.2, 0.25) is 52.3 Å². The average molecular weight is 947 g/mol. The molecule has 3 rings (SSSR count). The Bertz CT molecular complexity index is 2200. The third-order valence-corrected chi connectivity index (χ3v) is 8.08. The second-order valence-corrected chi connectivity index (χ2v) is 12.3. The summed E-state index contributed by atoms with van der Waals surface area (Å²) in [5, 5.41) is 0. The van der Waals surface area contributed by atoms with Crippen LogP contribution in [0.15, 0.2) is 112 Å². The molecule has 0 amide bonds. The second kappa shape index (κ2) is 27.1. The highest BCUT2D eigenvalue weighted by Gasteiger charge is 2.25. The molecule has 358 valence electrons. The van der Waals surface area contributed by atoms with E-state index in [2.05, 4.69) is 39.5 Å². The lowest BCUT2D eigenvalue weighted by Gasteiger charge is -2.19. The summed E-state index contributed by atoms with van der Waals surface area (Å²) >= 11 is 0. The van der Waals surface area contributed by atoms with Gasteiger partial charge in [-0.25, -0.2) is 38.4 Å². The molecule has 0 fully saturated rings. The Morgan fingerprint density at radius 1 is 0.368 bits per heavy atom. The Morgan fingerprint density at radius 2 is 0.588 bits per heavy atom. The largest absolute Gasteiger partial charge is 0.453 e. The molecule has 0 unspecified atom stereocenters. The monoisotopic (exact) mass is 946 g/mol. The number of ether oxygens (including phenoxy) is 14. The van der Waals surface area contributed by atoms with Crippen molar-refractivity contribution in [1.29, 1.82) is 0 Å². The molecule has 0 saturated carbocycles. The van der Waals surface area contributed by atoms with Gasteiger partial charge < -0.3 is 66.3 Å². The zero-order valence-electron chi connectivity index (χ0n) is 36.4. The first-order valence-electron chi connectivity index (χ1n) is 19.0. The molecular weight excluding hydrogens is 904 g/mol. The molecule has 0 saturated heterocycles. The fraction of sp³-hybridized carbons (Fsp3) is 0.174. The van der Waals surface area contributed by atoms with Gasteiger partial charge in [0.05, 0.1) is 11.1 Å². The number of esters is 8. The Hall–Kier alpha value is -9.34. The molecule has 0 heterocycles. The minimum absolute atomic E-state index is 0.0260. The summed E-state index contributed by atoms with van der Waals surface area (Å²) in [5.41, 5.74) is 0.0762. The molecule has 0 aliphatic carbocycles. The minimum atomic E-state index is -1.03. The molecule has 3 aromatic carbocycles. The minimum Gasteiger partial charge on any atom is -0.453 e. The predicted molar refractivity (Wildman–Crippen MR) is 229 cm³/mol. The maximum Gasteiger partial charge on any atom is 0.343 e. The Kier molecular flexibility index (Phi) is 21.1. The van der Waals surface area contributed by atoms with Crippen molar-refractivity contribution in [2.75, 3.05) is 40.8 Å². The van der Waals surface area contributed by atoms with Crippen LogP contribution in [0.4, 0.5) is 0 Å². The van der Waals surface area contributed by atoms with Crippen molar-refractivity contribution in [3.8, 4) is 46.0 Å². The highest BCUT2D eigenvalue weighted by atomic mass is 16.7. The third kappa shape index (κ3) is 16.3. The Morgan fingerprint density at radius 3 is 0.809 bits per heavy atom. The van der Waals surface area contributed by atoms with Gasteiger partial charge >= 0.3 is 47.8 Å². The van der Waals surface area contributed by atoms with Crippen LogP contribution < -0.4 is 37.9 Å². The first kappa shape index (κ1) is 53.0. The molecule has 0 bridgehead atoms. The highest BCUT2D eigenvalue weighted by Crippen LogP contribution is 2.41. The molecule has 0 aliphatic heterocycles. The lowest BCUT2D eigenvalue weighted by atomic mass is 10.1. The third-order valence-electron chi connectivity index (χ3n) is 8.08. The van der Waals surface area contributed by atoms with E-state index >= 15 is 0 Å². The van der Waals surface area contributed by atoms with Gasteiger partial charge in [0.1, 0.15) is 11.5 Å². The fourth-order valence-electron chi connectivity index (χ4n) is 4.66. The molecule has 22 heteroatoms. The summed E-state index contributed by atoms with van der Waals surface area (Å²) in [4.78, 5) is 97.7. The van der Waals surface area contributed by atoms with E-state index in [1.807, 2.05) is 0 Å². The fourth-order valence-corrected chi connectivity index (χ4v) is 4.66. The standard InChI is InChI=1S/C46H42O22/c1-9-37(47)59-21-55-33-17-29(18-34(56-22-60-38(48)10-2)43(33)65-25-63-41(51)13-5)45(53)67-31-15-16-32(28(8)27(31)7)68-46(54)30-19-35(57-23-61-39(49)11-3)44(66-26-64-42(52)14-6)36(20-30)58-24-62-40(50)12-4/h9-20H,1-6,21-26H2,7-8H3. The molecule has 0 spiro atoms. The summed E-state index contributed by atoms with van der Waals surface area (Å²) in [6, 6.07) is 7.06. The number of carbonyl (C=O) groups excluding carboxylic acids is 8. The maximum absolute atomic E-state index is 13.7. The van der Waals surface area contributed by atoms with Crippen LogP contribution in [0.3, 0.4) is 0 Å². The number of benzene rings is 3. The van der Waals surface area contributed by atoms with Crippen molar-refractivity contribution in [1.82, 2.24) is 0 Å². The topological polar surface area (TPSA) is 266 Å². The van der Waals surface area contributed by atoms with Gasteiger partial charge in [0.15, 0.2) is 23.0 Å². The lowest BCUT2D eigenvalue weighted by molar-refractivity contribution is -0.146. The van der Waals surface area contributed by atoms with Crippen molar-refractivity contribution in [3.05, 3.63) is 135 Å². The van der Waals surface area contributed by atoms with Crippen LogP contribution >= 0.6 is 0 Å². The smallest absolute Gasteiger partial charge is 0.343 e. The van der Waals surface area contributed by atoms with Gasteiger partial charge in [-0.1, -0.05) is 39.5 Å². The van der Waals surface area contributed by atoms with E-state index in [9.17, 15) is 38.4 Å². The molecule has 0 aromatic heterocycles. The van der Waals surface area contributed by atoms with Crippen molar-refractivity contribution < 1.29 is 105 Å². The van der Waals surface area contributed by atoms with E-state index in [-0.39, 0.29) is 57.1 Å². The summed E-state index contributed by atoms with van der Waals surface area (Å²) in [6.07, 6.45) is 5.19. The van der Waals surface area contributed by atoms with Gasteiger partial charge in [-0.2, -0.15) is 0 Å². The van der Waals surface area contributed by atoms with Crippen LogP contribution in [0.1, 0.15) is 31.8 Å². The van der Waals surface area contributed by atoms with E-state index < -0.39 is 88.5 Å². The van der Waals surface area contributed by atoms with E-state index in [0.717, 1.165) is 60.7 Å². The van der Waals surface area contributed by atoms with Crippen molar-refractivity contribution in [2.45, 2.75) is 13.8 Å². The van der Waals surface area contributed by atoms with Gasteiger partial charge in [0.25, 0.3) is 0 Å². The van der Waals surface area contributed by atoms with Gasteiger partial charge in [-0.15, -0.1) is 0 Å². The number of rotatable bonds is 28. The number of carbonyl (C=O) groups is 8. The summed E-state index contributed by atoms with van der Waals surface area (Å²) in [6.45, 7) is 18.4. The van der Waals surface area contributed by atoms with E-state index in [1.54, 1.807) is 13.8 Å². The van der Waals surface area contributed by atoms with E-state index in [0.29, 0.717) is 11.1 Å². The number of hydrogen-bond acceptors (Lipinski definition) is 22. The second-order valence-electron chi connectivity index (χ2n) is 12.3. The van der Waals surface area contributed by atoms with Gasteiger partial charge in [-0.05, 0) is 61.4 Å². The molecule has 0 N–H and O–H groups in total. The highest BCUT2D eigenvalue weighted by molar-refractivity contribution is 5.94. The molecule has 0 atom stereocenters. The van der Waals surface area contributed by atoms with Crippen molar-refractivity contribution in [3.63, 3.8) is 0 Å². The van der Waals surface area contributed by atoms with Crippen molar-refractivity contribution in [2.24, 2.45) is 0 Å². The lowest BCUT2D eigenvalue weighted by Crippen LogP contribution is -2.16. The Balaban J connectivity index is 2.01. The first-order valence-corrected chi connectivity index (χ1v) is 19.0. The first-order chi connectivity index (χ1) is 32.6. The maximum atomic E-state index is 13.7. The summed E-state index contributed by atoms with van der Waals surface area (Å²) < 4.78 is 74.0. The predicted octanol–water partition coefficient (Wildman–Crippen LogP) is 5.13. The quantitative estimate of drug-likeness (QED) is 0.0300. The summed E-state index contributed by atoms with van der Waals surface area (Å²) in [7, 11) is 0. The molecular formula is C46H42O22. The van der Waals surface area contributed by atoms with Gasteiger partial charge in [-0.3, -0.25) is 0 Å². The van der Waals surface area contributed by atoms with E-state index in [4.69, 9.17) is 66.3 Å². The van der Waals surface area contributed by atoms with Crippen LogP contribution in [0, 0.1) is 13.8 Å². The Labute approximate surface area is 387 Å². The molecule has 3 aromatic rings.